The normalized spacial score (nSPS) is 10.3. The summed E-state index contributed by atoms with van der Waals surface area (Å²) in [5, 5.41) is 6.43. The van der Waals surface area contributed by atoms with Gasteiger partial charge in [-0.15, -0.1) is 0 Å². The molecule has 0 atom stereocenters. The van der Waals surface area contributed by atoms with Gasteiger partial charge < -0.3 is 10.6 Å². The van der Waals surface area contributed by atoms with Crippen LogP contribution in [0.4, 0.5) is 11.6 Å². The second kappa shape index (κ2) is 8.42. The molecular formula is C20H17ClN4O2. The zero-order chi connectivity index (χ0) is 19.2. The van der Waals surface area contributed by atoms with E-state index >= 15 is 0 Å². The number of carbonyl (C=O) groups is 2. The molecule has 1 aromatic heterocycles. The number of nitrogens with zero attached hydrogens (tertiary/aromatic N) is 2. The number of Topliss-reactive ketones (excluding diaryl/α,β-unsaturated/α-hetero) is 1. The van der Waals surface area contributed by atoms with E-state index in [1.54, 1.807) is 30.3 Å². The van der Waals surface area contributed by atoms with Crippen molar-refractivity contribution in [3.8, 4) is 0 Å². The third-order valence-corrected chi connectivity index (χ3v) is 4.18. The predicted octanol–water partition coefficient (Wildman–Crippen LogP) is 4.20. The smallest absolute Gasteiger partial charge is 0.274 e. The quantitative estimate of drug-likeness (QED) is 0.626. The van der Waals surface area contributed by atoms with Gasteiger partial charge in [0.05, 0.1) is 0 Å². The molecule has 3 aromatic rings. The molecule has 0 fully saturated rings. The van der Waals surface area contributed by atoms with E-state index in [-0.39, 0.29) is 17.4 Å². The first kappa shape index (κ1) is 18.5. The standard InChI is InChI=1S/C20H17ClN4O2/c1-13(26)14-6-4-7-16(11-14)24-19(27)18-9-10-22-20(25-18)23-12-15-5-2-3-8-17(15)21/h2-11H,12H2,1H3,(H,24,27)(H,22,23,25). The van der Waals surface area contributed by atoms with E-state index in [0.29, 0.717) is 28.8 Å². The number of hydrogen-bond acceptors (Lipinski definition) is 5. The maximum Gasteiger partial charge on any atom is 0.274 e. The van der Waals surface area contributed by atoms with Crippen LogP contribution in [0.15, 0.2) is 60.8 Å². The van der Waals surface area contributed by atoms with Crippen LogP contribution in [0.3, 0.4) is 0 Å². The van der Waals surface area contributed by atoms with Crippen molar-refractivity contribution >= 4 is 34.9 Å². The van der Waals surface area contributed by atoms with Crippen LogP contribution in [0.5, 0.6) is 0 Å². The van der Waals surface area contributed by atoms with Crippen molar-refractivity contribution in [2.24, 2.45) is 0 Å². The van der Waals surface area contributed by atoms with Gasteiger partial charge in [0.1, 0.15) is 5.69 Å². The van der Waals surface area contributed by atoms with Gasteiger partial charge in [-0.25, -0.2) is 9.97 Å². The van der Waals surface area contributed by atoms with Gasteiger partial charge >= 0.3 is 0 Å². The maximum atomic E-state index is 12.4. The summed E-state index contributed by atoms with van der Waals surface area (Å²) in [4.78, 5) is 32.2. The molecule has 0 radical (unpaired) electrons. The van der Waals surface area contributed by atoms with Gasteiger partial charge in [-0.2, -0.15) is 0 Å². The lowest BCUT2D eigenvalue weighted by Gasteiger charge is -2.09. The molecule has 7 heteroatoms. The molecule has 1 amide bonds. The molecule has 0 spiro atoms. The van der Waals surface area contributed by atoms with Gasteiger partial charge in [0.25, 0.3) is 5.91 Å². The van der Waals surface area contributed by atoms with Crippen LogP contribution in [-0.4, -0.2) is 21.7 Å². The Morgan fingerprint density at radius 2 is 1.89 bits per heavy atom. The molecule has 0 unspecified atom stereocenters. The number of amides is 1. The summed E-state index contributed by atoms with van der Waals surface area (Å²) < 4.78 is 0. The van der Waals surface area contributed by atoms with Gasteiger partial charge in [0.15, 0.2) is 5.78 Å². The largest absolute Gasteiger partial charge is 0.350 e. The van der Waals surface area contributed by atoms with Crippen molar-refractivity contribution in [3.05, 3.63) is 82.6 Å². The minimum absolute atomic E-state index is 0.0702. The highest BCUT2D eigenvalue weighted by Crippen LogP contribution is 2.16. The third-order valence-electron chi connectivity index (χ3n) is 3.81. The molecule has 6 nitrogen and oxygen atoms in total. The molecule has 0 saturated heterocycles. The van der Waals surface area contributed by atoms with E-state index in [2.05, 4.69) is 20.6 Å². The number of anilines is 2. The molecule has 0 bridgehead atoms. The van der Waals surface area contributed by atoms with Crippen LogP contribution in [0.1, 0.15) is 33.3 Å². The van der Waals surface area contributed by atoms with Gasteiger partial charge in [0.2, 0.25) is 5.95 Å². The fourth-order valence-electron chi connectivity index (χ4n) is 2.40. The number of hydrogen-bond donors (Lipinski definition) is 2. The SMILES string of the molecule is CC(=O)c1cccc(NC(=O)c2ccnc(NCc3ccccc3Cl)n2)c1. The minimum atomic E-state index is -0.390. The second-order valence-electron chi connectivity index (χ2n) is 5.80. The van der Waals surface area contributed by atoms with Gasteiger partial charge in [-0.05, 0) is 36.8 Å². The van der Waals surface area contributed by atoms with Gasteiger partial charge in [-0.3, -0.25) is 9.59 Å². The summed E-state index contributed by atoms with van der Waals surface area (Å²) >= 11 is 6.13. The maximum absolute atomic E-state index is 12.4. The average Bonchev–Trinajstić information content (AvgIpc) is 2.68. The van der Waals surface area contributed by atoms with Crippen molar-refractivity contribution in [3.63, 3.8) is 0 Å². The second-order valence-corrected chi connectivity index (χ2v) is 6.21. The molecule has 2 aromatic carbocycles. The fourth-order valence-corrected chi connectivity index (χ4v) is 2.60. The van der Waals surface area contributed by atoms with E-state index in [1.807, 2.05) is 18.2 Å². The highest BCUT2D eigenvalue weighted by Gasteiger charge is 2.10. The lowest BCUT2D eigenvalue weighted by Crippen LogP contribution is -2.15. The summed E-state index contributed by atoms with van der Waals surface area (Å²) in [5.41, 5.74) is 2.16. The number of rotatable bonds is 6. The Bertz CT molecular complexity index is 991. The molecule has 136 valence electrons. The molecular weight excluding hydrogens is 364 g/mol. The highest BCUT2D eigenvalue weighted by atomic mass is 35.5. The molecule has 27 heavy (non-hydrogen) atoms. The van der Waals surface area contributed by atoms with Crippen molar-refractivity contribution in [1.82, 2.24) is 9.97 Å². The van der Waals surface area contributed by atoms with Crippen LogP contribution in [0.2, 0.25) is 5.02 Å². The number of halogens is 1. The summed E-state index contributed by atoms with van der Waals surface area (Å²) in [7, 11) is 0. The number of carbonyl (C=O) groups excluding carboxylic acids is 2. The first-order valence-corrected chi connectivity index (χ1v) is 8.63. The highest BCUT2D eigenvalue weighted by molar-refractivity contribution is 6.31. The molecule has 2 N–H and O–H groups in total. The lowest BCUT2D eigenvalue weighted by molar-refractivity contribution is 0.100. The summed E-state index contributed by atoms with van der Waals surface area (Å²) in [6.45, 7) is 1.91. The topological polar surface area (TPSA) is 84.0 Å². The Morgan fingerprint density at radius 3 is 2.67 bits per heavy atom. The van der Waals surface area contributed by atoms with E-state index in [4.69, 9.17) is 11.6 Å². The Kier molecular flexibility index (Phi) is 5.78. The number of nitrogens with one attached hydrogen (secondary N) is 2. The molecule has 0 aliphatic heterocycles. The molecule has 3 rings (SSSR count). The van der Waals surface area contributed by atoms with E-state index < -0.39 is 0 Å². The molecule has 1 heterocycles. The van der Waals surface area contributed by atoms with Gasteiger partial charge in [-0.1, -0.05) is 41.9 Å². The predicted molar refractivity (Wildman–Crippen MR) is 105 cm³/mol. The minimum Gasteiger partial charge on any atom is -0.350 e. The first-order valence-electron chi connectivity index (χ1n) is 8.25. The Morgan fingerprint density at radius 1 is 1.07 bits per heavy atom. The van der Waals surface area contributed by atoms with Crippen LogP contribution in [0.25, 0.3) is 0 Å². The Hall–Kier alpha value is -3.25. The number of ketones is 1. The van der Waals surface area contributed by atoms with Crippen LogP contribution in [0, 0.1) is 0 Å². The van der Waals surface area contributed by atoms with Crippen LogP contribution < -0.4 is 10.6 Å². The molecule has 0 aliphatic carbocycles. The molecule has 0 aliphatic rings. The number of benzene rings is 2. The third kappa shape index (κ3) is 4.89. The molecule has 0 saturated carbocycles. The first-order chi connectivity index (χ1) is 13.0. The lowest BCUT2D eigenvalue weighted by atomic mass is 10.1. The Balaban J connectivity index is 1.69. The summed E-state index contributed by atoms with van der Waals surface area (Å²) in [5.74, 6) is -0.141. The van der Waals surface area contributed by atoms with Crippen molar-refractivity contribution < 1.29 is 9.59 Å². The Labute approximate surface area is 161 Å². The zero-order valence-corrected chi connectivity index (χ0v) is 15.3. The van der Waals surface area contributed by atoms with E-state index in [9.17, 15) is 9.59 Å². The number of aromatic nitrogens is 2. The van der Waals surface area contributed by atoms with E-state index in [1.165, 1.54) is 19.2 Å². The average molecular weight is 381 g/mol. The summed E-state index contributed by atoms with van der Waals surface area (Å²) in [6, 6.07) is 15.7. The summed E-state index contributed by atoms with van der Waals surface area (Å²) in [6.07, 6.45) is 1.50. The van der Waals surface area contributed by atoms with E-state index in [0.717, 1.165) is 5.56 Å². The zero-order valence-electron chi connectivity index (χ0n) is 14.6. The van der Waals surface area contributed by atoms with Gasteiger partial charge in [0, 0.05) is 29.0 Å². The van der Waals surface area contributed by atoms with Crippen molar-refractivity contribution in [2.45, 2.75) is 13.5 Å². The van der Waals surface area contributed by atoms with Crippen molar-refractivity contribution in [1.29, 1.82) is 0 Å². The van der Waals surface area contributed by atoms with Crippen molar-refractivity contribution in [2.75, 3.05) is 10.6 Å². The fraction of sp³-hybridized carbons (Fsp3) is 0.100. The van der Waals surface area contributed by atoms with Crippen LogP contribution >= 0.6 is 11.6 Å². The van der Waals surface area contributed by atoms with Crippen LogP contribution in [-0.2, 0) is 6.54 Å². The monoisotopic (exact) mass is 380 g/mol.